The molecule has 0 aromatic heterocycles. The molecule has 98 valence electrons. The number of aliphatic hydroxyl groups excluding tert-OH is 1. The lowest BCUT2D eigenvalue weighted by molar-refractivity contribution is -0.146. The van der Waals surface area contributed by atoms with Gasteiger partial charge >= 0.3 is 5.97 Å². The molecule has 2 atom stereocenters. The zero-order valence-electron chi connectivity index (χ0n) is 10.1. The Hall–Kier alpha value is -0.920. The fraction of sp³-hybridized carbons (Fsp3) is 0.700. The van der Waals surface area contributed by atoms with Crippen molar-refractivity contribution in [3.05, 3.63) is 11.5 Å². The molecule has 0 unspecified atom stereocenters. The van der Waals surface area contributed by atoms with E-state index in [0.29, 0.717) is 0 Å². The van der Waals surface area contributed by atoms with Gasteiger partial charge in [0.1, 0.15) is 12.1 Å². The molecule has 1 saturated heterocycles. The minimum absolute atomic E-state index is 0.154. The van der Waals surface area contributed by atoms with Crippen molar-refractivity contribution in [3.63, 3.8) is 0 Å². The predicted molar refractivity (Wildman–Crippen MR) is 61.4 cm³/mol. The summed E-state index contributed by atoms with van der Waals surface area (Å²) in [5.74, 6) is -0.888. The molecule has 0 radical (unpaired) electrons. The van der Waals surface area contributed by atoms with Crippen molar-refractivity contribution in [2.24, 2.45) is 5.92 Å². The van der Waals surface area contributed by atoms with Gasteiger partial charge in [-0.05, 0) is 5.92 Å². The number of carbonyl (C=O) groups is 1. The molecule has 0 saturated carbocycles. The van der Waals surface area contributed by atoms with Crippen molar-refractivity contribution in [3.8, 4) is 0 Å². The highest BCUT2D eigenvalue weighted by Gasteiger charge is 2.46. The SMILES string of the molecule is C=C1[C@@H](O)CN([C@H](C(=O)OC)C(C)C)S1(=O)=O. The largest absolute Gasteiger partial charge is 0.468 e. The number of nitrogens with zero attached hydrogens (tertiary/aromatic N) is 1. The van der Waals surface area contributed by atoms with Gasteiger partial charge < -0.3 is 9.84 Å². The van der Waals surface area contributed by atoms with Crippen LogP contribution in [0.5, 0.6) is 0 Å². The summed E-state index contributed by atoms with van der Waals surface area (Å²) in [4.78, 5) is 11.3. The molecule has 7 heteroatoms. The first-order valence-corrected chi connectivity index (χ1v) is 6.64. The third kappa shape index (κ3) is 2.36. The number of methoxy groups -OCH3 is 1. The van der Waals surface area contributed by atoms with Crippen LogP contribution < -0.4 is 0 Å². The Morgan fingerprint density at radius 3 is 2.41 bits per heavy atom. The molecule has 1 aliphatic heterocycles. The summed E-state index contributed by atoms with van der Waals surface area (Å²) in [7, 11) is -2.63. The van der Waals surface area contributed by atoms with Crippen molar-refractivity contribution >= 4 is 16.0 Å². The third-order valence-electron chi connectivity index (χ3n) is 2.75. The Morgan fingerprint density at radius 1 is 1.59 bits per heavy atom. The van der Waals surface area contributed by atoms with Crippen molar-refractivity contribution in [2.45, 2.75) is 26.0 Å². The molecule has 1 fully saturated rings. The lowest BCUT2D eigenvalue weighted by atomic mass is 10.0. The maximum atomic E-state index is 11.9. The Morgan fingerprint density at radius 2 is 2.12 bits per heavy atom. The first-order valence-electron chi connectivity index (χ1n) is 5.20. The monoisotopic (exact) mass is 263 g/mol. The molecular weight excluding hydrogens is 246 g/mol. The van der Waals surface area contributed by atoms with E-state index in [1.807, 2.05) is 0 Å². The number of esters is 1. The van der Waals surface area contributed by atoms with Gasteiger partial charge in [-0.15, -0.1) is 0 Å². The van der Waals surface area contributed by atoms with Crippen LogP contribution in [0.25, 0.3) is 0 Å². The highest BCUT2D eigenvalue weighted by atomic mass is 32.2. The standard InChI is InChI=1S/C10H17NO5S/c1-6(2)9(10(13)16-4)11-5-8(12)7(3)17(11,14)15/h6,8-9,12H,3,5H2,1-2,4H3/t8-,9-/m0/s1. The molecule has 1 aliphatic rings. The highest BCUT2D eigenvalue weighted by molar-refractivity contribution is 7.93. The van der Waals surface area contributed by atoms with Gasteiger partial charge in [0.15, 0.2) is 0 Å². The molecule has 0 bridgehead atoms. The van der Waals surface area contributed by atoms with E-state index < -0.39 is 28.1 Å². The minimum Gasteiger partial charge on any atom is -0.468 e. The molecule has 0 aliphatic carbocycles. The van der Waals surface area contributed by atoms with Crippen molar-refractivity contribution < 1.29 is 23.1 Å². The second kappa shape index (κ2) is 4.75. The van der Waals surface area contributed by atoms with Crippen molar-refractivity contribution in [1.29, 1.82) is 0 Å². The van der Waals surface area contributed by atoms with Crippen molar-refractivity contribution in [2.75, 3.05) is 13.7 Å². The van der Waals surface area contributed by atoms with E-state index in [4.69, 9.17) is 0 Å². The van der Waals surface area contributed by atoms with Crippen LogP contribution in [0.4, 0.5) is 0 Å². The Kier molecular flexibility index (Phi) is 3.95. The second-order valence-electron chi connectivity index (χ2n) is 4.27. The zero-order valence-corrected chi connectivity index (χ0v) is 10.9. The molecule has 0 amide bonds. The number of sulfonamides is 1. The summed E-state index contributed by atoms with van der Waals surface area (Å²) in [5, 5.41) is 9.52. The molecule has 0 aromatic carbocycles. The van der Waals surface area contributed by atoms with Crippen LogP contribution >= 0.6 is 0 Å². The van der Waals surface area contributed by atoms with Gasteiger partial charge in [-0.3, -0.25) is 4.79 Å². The Balaban J connectivity index is 3.14. The van der Waals surface area contributed by atoms with E-state index in [0.717, 1.165) is 4.31 Å². The van der Waals surface area contributed by atoms with Crippen LogP contribution in [-0.2, 0) is 19.6 Å². The quantitative estimate of drug-likeness (QED) is 0.707. The fourth-order valence-electron chi connectivity index (χ4n) is 1.80. The highest BCUT2D eigenvalue weighted by Crippen LogP contribution is 2.29. The van der Waals surface area contributed by atoms with Gasteiger partial charge in [0, 0.05) is 6.54 Å². The van der Waals surface area contributed by atoms with Crippen LogP contribution in [-0.4, -0.2) is 49.6 Å². The topological polar surface area (TPSA) is 83.9 Å². The fourth-order valence-corrected chi connectivity index (χ4v) is 3.48. The first-order chi connectivity index (χ1) is 7.73. The van der Waals surface area contributed by atoms with Gasteiger partial charge in [0.2, 0.25) is 10.0 Å². The summed E-state index contributed by atoms with van der Waals surface area (Å²) in [5.41, 5.74) is 0. The zero-order chi connectivity index (χ0) is 13.4. The summed E-state index contributed by atoms with van der Waals surface area (Å²) < 4.78 is 29.4. The van der Waals surface area contributed by atoms with E-state index >= 15 is 0 Å². The van der Waals surface area contributed by atoms with Gasteiger partial charge in [-0.25, -0.2) is 8.42 Å². The van der Waals surface area contributed by atoms with Gasteiger partial charge in [0.05, 0.1) is 12.0 Å². The molecule has 0 aromatic rings. The van der Waals surface area contributed by atoms with E-state index in [-0.39, 0.29) is 17.4 Å². The number of hydrogen-bond acceptors (Lipinski definition) is 5. The number of aliphatic hydroxyl groups is 1. The molecule has 0 spiro atoms. The Bertz CT molecular complexity index is 428. The number of hydrogen-bond donors (Lipinski definition) is 1. The number of ether oxygens (including phenoxy) is 1. The molecule has 1 rings (SSSR count). The molecular formula is C10H17NO5S. The Labute approximate surface area is 101 Å². The van der Waals surface area contributed by atoms with Crippen LogP contribution in [0.1, 0.15) is 13.8 Å². The van der Waals surface area contributed by atoms with Crippen LogP contribution in [0.2, 0.25) is 0 Å². The average Bonchev–Trinajstić information content (AvgIpc) is 2.42. The first kappa shape index (κ1) is 14.1. The van der Waals surface area contributed by atoms with E-state index in [2.05, 4.69) is 11.3 Å². The average molecular weight is 263 g/mol. The predicted octanol–water partition coefficient (Wildman–Crippen LogP) is -0.296. The maximum Gasteiger partial charge on any atom is 0.324 e. The van der Waals surface area contributed by atoms with Crippen LogP contribution in [0, 0.1) is 5.92 Å². The number of carbonyl (C=O) groups excluding carboxylic acids is 1. The summed E-state index contributed by atoms with van der Waals surface area (Å²) >= 11 is 0. The molecule has 1 N–H and O–H groups in total. The van der Waals surface area contributed by atoms with Crippen molar-refractivity contribution in [1.82, 2.24) is 4.31 Å². The van der Waals surface area contributed by atoms with E-state index in [1.54, 1.807) is 13.8 Å². The second-order valence-corrected chi connectivity index (χ2v) is 6.21. The van der Waals surface area contributed by atoms with Gasteiger partial charge in [0.25, 0.3) is 0 Å². The molecule has 17 heavy (non-hydrogen) atoms. The maximum absolute atomic E-state index is 11.9. The number of β-amino-alcohol motifs (C(OH)–C–C–N with tert-alkyl or cyclic N) is 1. The summed E-state index contributed by atoms with van der Waals surface area (Å²) in [6, 6.07) is -0.932. The smallest absolute Gasteiger partial charge is 0.324 e. The van der Waals surface area contributed by atoms with Crippen LogP contribution in [0.3, 0.4) is 0 Å². The number of rotatable bonds is 3. The van der Waals surface area contributed by atoms with Gasteiger partial charge in [-0.1, -0.05) is 20.4 Å². The summed E-state index contributed by atoms with van der Waals surface area (Å²) in [6.07, 6.45) is -1.16. The van der Waals surface area contributed by atoms with Crippen LogP contribution in [0.15, 0.2) is 11.5 Å². The third-order valence-corrected chi connectivity index (χ3v) is 4.68. The van der Waals surface area contributed by atoms with Gasteiger partial charge in [-0.2, -0.15) is 4.31 Å². The molecule has 1 heterocycles. The lowest BCUT2D eigenvalue weighted by Crippen LogP contribution is -2.46. The summed E-state index contributed by atoms with van der Waals surface area (Å²) in [6.45, 7) is 6.61. The molecule has 6 nitrogen and oxygen atoms in total. The minimum atomic E-state index is -3.83. The lowest BCUT2D eigenvalue weighted by Gasteiger charge is -2.26. The van der Waals surface area contributed by atoms with E-state index in [1.165, 1.54) is 7.11 Å². The normalized spacial score (nSPS) is 26.2. The van der Waals surface area contributed by atoms with E-state index in [9.17, 15) is 18.3 Å².